The second kappa shape index (κ2) is 4.48. The molecule has 0 aliphatic carbocycles. The topological polar surface area (TPSA) is 76.0 Å². The molecule has 10 heavy (non-hydrogen) atoms. The summed E-state index contributed by atoms with van der Waals surface area (Å²) < 4.78 is 29.8. The Balaban J connectivity index is 0.000000162. The van der Waals surface area contributed by atoms with E-state index in [1.165, 1.54) is 6.40 Å². The molecule has 0 unspecified atom stereocenters. The molecule has 0 saturated heterocycles. The second-order valence-corrected chi connectivity index (χ2v) is 3.29. The fourth-order valence-corrected chi connectivity index (χ4v) is 0.264. The van der Waals surface area contributed by atoms with Crippen molar-refractivity contribution in [3.05, 3.63) is 0 Å². The highest BCUT2D eigenvalue weighted by Gasteiger charge is 1.86. The summed E-state index contributed by atoms with van der Waals surface area (Å²) in [6, 6.07) is 0. The van der Waals surface area contributed by atoms with Crippen molar-refractivity contribution >= 4 is 26.4 Å². The number of hydrogen-bond acceptors (Lipinski definition) is 4. The van der Waals surface area contributed by atoms with E-state index in [1.54, 1.807) is 0 Å². The Morgan fingerprint density at radius 1 is 1.70 bits per heavy atom. The van der Waals surface area contributed by atoms with Gasteiger partial charge in [0.2, 0.25) is 0 Å². The predicted octanol–water partition coefficient (Wildman–Crippen LogP) is 0.0729. The van der Waals surface area contributed by atoms with E-state index in [9.17, 15) is 0 Å². The SMILES string of the molecule is C1=NCCO1.O=S(=O)(O)Cl. The van der Waals surface area contributed by atoms with Gasteiger partial charge >= 0.3 is 9.33 Å². The number of nitrogens with zero attached hydrogens (tertiary/aromatic N) is 1. The molecule has 1 N–H and O–H groups in total. The van der Waals surface area contributed by atoms with Crippen LogP contribution in [0.1, 0.15) is 0 Å². The number of hydrogen-bond donors (Lipinski definition) is 1. The Morgan fingerprint density at radius 2 is 2.20 bits per heavy atom. The van der Waals surface area contributed by atoms with Gasteiger partial charge in [-0.1, -0.05) is 0 Å². The first-order chi connectivity index (χ1) is 4.50. The molecule has 0 bridgehead atoms. The molecule has 5 nitrogen and oxygen atoms in total. The van der Waals surface area contributed by atoms with E-state index in [0.29, 0.717) is 0 Å². The molecule has 1 aliphatic rings. The second-order valence-electron chi connectivity index (χ2n) is 1.29. The fraction of sp³-hybridized carbons (Fsp3) is 0.667. The molecule has 0 saturated carbocycles. The summed E-state index contributed by atoms with van der Waals surface area (Å²) >= 11 is 0. The Labute approximate surface area is 62.9 Å². The van der Waals surface area contributed by atoms with Crippen molar-refractivity contribution in [1.29, 1.82) is 0 Å². The Hall–Kier alpha value is -0.330. The van der Waals surface area contributed by atoms with Crippen LogP contribution in [0.4, 0.5) is 0 Å². The molecule has 0 amide bonds. The van der Waals surface area contributed by atoms with Gasteiger partial charge < -0.3 is 4.74 Å². The van der Waals surface area contributed by atoms with Crippen LogP contribution in [-0.2, 0) is 14.1 Å². The van der Waals surface area contributed by atoms with Crippen LogP contribution in [0.25, 0.3) is 0 Å². The Bertz CT molecular complexity index is 185. The smallest absolute Gasteiger partial charge is 0.353 e. The van der Waals surface area contributed by atoms with Crippen LogP contribution in [0.2, 0.25) is 0 Å². The molecule has 1 rings (SSSR count). The van der Waals surface area contributed by atoms with E-state index in [2.05, 4.69) is 20.4 Å². The number of aliphatic imine (C=N–C) groups is 1. The van der Waals surface area contributed by atoms with Crippen molar-refractivity contribution in [2.24, 2.45) is 4.99 Å². The van der Waals surface area contributed by atoms with Gasteiger partial charge in [0.15, 0.2) is 6.40 Å². The molecule has 0 radical (unpaired) electrons. The van der Waals surface area contributed by atoms with Crippen LogP contribution in [0, 0.1) is 0 Å². The highest BCUT2D eigenvalue weighted by atomic mass is 35.7. The molecule has 7 heteroatoms. The molecule has 1 aliphatic heterocycles. The summed E-state index contributed by atoms with van der Waals surface area (Å²) in [6.45, 7) is 1.62. The van der Waals surface area contributed by atoms with E-state index < -0.39 is 9.33 Å². The van der Waals surface area contributed by atoms with Crippen molar-refractivity contribution in [2.75, 3.05) is 13.2 Å². The van der Waals surface area contributed by atoms with Gasteiger partial charge in [-0.3, -0.25) is 9.55 Å². The predicted molar refractivity (Wildman–Crippen MR) is 36.7 cm³/mol. The number of halogens is 1. The van der Waals surface area contributed by atoms with Crippen molar-refractivity contribution in [1.82, 2.24) is 0 Å². The monoisotopic (exact) mass is 187 g/mol. The Morgan fingerprint density at radius 3 is 2.30 bits per heavy atom. The molecule has 0 aromatic rings. The fourth-order valence-electron chi connectivity index (χ4n) is 0.264. The highest BCUT2D eigenvalue weighted by Crippen LogP contribution is 1.82. The van der Waals surface area contributed by atoms with E-state index in [4.69, 9.17) is 13.0 Å². The van der Waals surface area contributed by atoms with E-state index >= 15 is 0 Å². The van der Waals surface area contributed by atoms with Crippen LogP contribution in [-0.4, -0.2) is 32.5 Å². The van der Waals surface area contributed by atoms with Gasteiger partial charge in [0.1, 0.15) is 6.61 Å². The van der Waals surface area contributed by atoms with Crippen molar-refractivity contribution in [3.63, 3.8) is 0 Å². The van der Waals surface area contributed by atoms with E-state index in [-0.39, 0.29) is 0 Å². The van der Waals surface area contributed by atoms with Gasteiger partial charge in [0.25, 0.3) is 0 Å². The average molecular weight is 188 g/mol. The maximum absolute atomic E-state index is 8.95. The molecule has 0 atom stereocenters. The van der Waals surface area contributed by atoms with Crippen LogP contribution in [0.15, 0.2) is 4.99 Å². The third-order valence-electron chi connectivity index (χ3n) is 0.487. The standard InChI is InChI=1S/C3H5NO.ClHO3S/c1-2-5-3-4-1;1-5(2,3)4/h3H,1-2H2;(H,2,3,4). The normalized spacial score (nSPS) is 15.4. The molecular formula is C3H6ClNO4S. The lowest BCUT2D eigenvalue weighted by Crippen LogP contribution is -1.80. The van der Waals surface area contributed by atoms with Gasteiger partial charge in [-0.15, -0.1) is 0 Å². The summed E-state index contributed by atoms with van der Waals surface area (Å²) in [5.41, 5.74) is 0. The van der Waals surface area contributed by atoms with Crippen LogP contribution >= 0.6 is 10.7 Å². The van der Waals surface area contributed by atoms with E-state index in [0.717, 1.165) is 13.2 Å². The van der Waals surface area contributed by atoms with Crippen molar-refractivity contribution < 1.29 is 17.7 Å². The van der Waals surface area contributed by atoms with Gasteiger partial charge in [0.05, 0.1) is 6.54 Å². The summed E-state index contributed by atoms with van der Waals surface area (Å²) in [6.07, 6.45) is 1.49. The highest BCUT2D eigenvalue weighted by molar-refractivity contribution is 8.09. The first-order valence-corrected chi connectivity index (χ1v) is 4.54. The molecule has 1 heterocycles. The van der Waals surface area contributed by atoms with Crippen molar-refractivity contribution in [2.45, 2.75) is 0 Å². The molecule has 0 fully saturated rings. The van der Waals surface area contributed by atoms with Gasteiger partial charge in [-0.2, -0.15) is 8.42 Å². The Kier molecular flexibility index (Phi) is 4.33. The maximum Gasteiger partial charge on any atom is 0.353 e. The third kappa shape index (κ3) is 15.6. The van der Waals surface area contributed by atoms with Crippen molar-refractivity contribution in [3.8, 4) is 0 Å². The molecule has 0 aromatic carbocycles. The molecule has 60 valence electrons. The molecular weight excluding hydrogens is 182 g/mol. The summed E-state index contributed by atoms with van der Waals surface area (Å²) in [7, 11) is -0.137. The average Bonchev–Trinajstić information content (AvgIpc) is 2.07. The van der Waals surface area contributed by atoms with Gasteiger partial charge in [0, 0.05) is 10.7 Å². The molecule has 0 spiro atoms. The lowest BCUT2D eigenvalue weighted by Gasteiger charge is -1.76. The van der Waals surface area contributed by atoms with Gasteiger partial charge in [-0.25, -0.2) is 0 Å². The van der Waals surface area contributed by atoms with Crippen LogP contribution in [0.5, 0.6) is 0 Å². The zero-order valence-corrected chi connectivity index (χ0v) is 6.47. The van der Waals surface area contributed by atoms with Crippen LogP contribution in [0.3, 0.4) is 0 Å². The first kappa shape index (κ1) is 9.67. The summed E-state index contributed by atoms with van der Waals surface area (Å²) in [4.78, 5) is 3.74. The minimum Gasteiger partial charge on any atom is -0.482 e. The number of rotatable bonds is 0. The largest absolute Gasteiger partial charge is 0.482 e. The zero-order chi connectivity index (χ0) is 8.04. The number of ether oxygens (including phenoxy) is 1. The first-order valence-electron chi connectivity index (χ1n) is 2.27. The quantitative estimate of drug-likeness (QED) is 0.430. The molecule has 0 aromatic heterocycles. The van der Waals surface area contributed by atoms with Crippen LogP contribution < -0.4 is 0 Å². The third-order valence-corrected chi connectivity index (χ3v) is 0.487. The summed E-state index contributed by atoms with van der Waals surface area (Å²) in [5.74, 6) is 0. The van der Waals surface area contributed by atoms with Gasteiger partial charge in [-0.05, 0) is 0 Å². The lowest BCUT2D eigenvalue weighted by molar-refractivity contribution is 0.361. The van der Waals surface area contributed by atoms with E-state index in [1.807, 2.05) is 0 Å². The minimum atomic E-state index is -4.19. The maximum atomic E-state index is 8.95. The zero-order valence-electron chi connectivity index (χ0n) is 4.90. The lowest BCUT2D eigenvalue weighted by atomic mass is 10.8. The summed E-state index contributed by atoms with van der Waals surface area (Å²) in [5, 5.41) is 0. The minimum absolute atomic E-state index is 0.778.